The minimum absolute atomic E-state index is 0.178. The normalized spacial score (nSPS) is 18.5. The van der Waals surface area contributed by atoms with Crippen LogP contribution in [0.4, 0.5) is 19.0 Å². The number of nitrogen functional groups attached to an aromatic ring is 1. The number of rotatable bonds is 6. The van der Waals surface area contributed by atoms with Crippen LogP contribution in [0, 0.1) is 13.8 Å². The molecular weight excluding hydrogens is 523 g/mol. The van der Waals surface area contributed by atoms with Gasteiger partial charge < -0.3 is 20.7 Å². The predicted octanol–water partition coefficient (Wildman–Crippen LogP) is 6.33. The van der Waals surface area contributed by atoms with Gasteiger partial charge in [-0.2, -0.15) is 18.3 Å². The number of fused-ring (bicyclic) bond motifs is 1. The summed E-state index contributed by atoms with van der Waals surface area (Å²) in [4.78, 5) is 8.48. The van der Waals surface area contributed by atoms with Gasteiger partial charge in [0.25, 0.3) is 0 Å². The Bertz CT molecular complexity index is 1320. The van der Waals surface area contributed by atoms with Crippen LogP contribution in [-0.2, 0) is 0 Å². The molecule has 0 amide bonds. The van der Waals surface area contributed by atoms with Gasteiger partial charge in [-0.3, -0.25) is 0 Å². The van der Waals surface area contributed by atoms with Gasteiger partial charge in [0.1, 0.15) is 17.9 Å². The van der Waals surface area contributed by atoms with Crippen LogP contribution >= 0.6 is 11.6 Å². The number of benzene rings is 1. The second kappa shape index (κ2) is 11.8. The summed E-state index contributed by atoms with van der Waals surface area (Å²) in [6.45, 7) is 7.67. The molecule has 3 aromatic rings. The van der Waals surface area contributed by atoms with E-state index in [1.165, 1.54) is 6.33 Å². The number of ether oxygens (including phenoxy) is 1. The first-order valence-corrected chi connectivity index (χ1v) is 12.7. The lowest BCUT2D eigenvalue weighted by Gasteiger charge is -2.35. The number of allylic oxidation sites excluding steroid dienone is 2. The zero-order chi connectivity index (χ0) is 28.4. The van der Waals surface area contributed by atoms with Gasteiger partial charge in [-0.05, 0) is 63.7 Å². The molecule has 4 rings (SSSR count). The highest BCUT2D eigenvalue weighted by atomic mass is 35.5. The standard InChI is InChI=1S/C20H24ClN5O2.C6H9F3O/c1-9-15(21)7-14(18(28-4)16(9)12-5-13(27)6-12)11(3)26-20-17(10(2)25-26)19(22)23-8-24-20;1-2-3-4-5(10)6(7,8)9/h7-8,11-13,27H,5-6H2,1-4H3,(H2,22,23,24);4,10H,2-3H2,1H3/b;5-4+. The van der Waals surface area contributed by atoms with Gasteiger partial charge in [0.2, 0.25) is 0 Å². The number of aliphatic hydroxyl groups is 2. The molecule has 1 aliphatic rings. The number of hydrogen-bond acceptors (Lipinski definition) is 7. The van der Waals surface area contributed by atoms with E-state index in [1.54, 1.807) is 14.0 Å². The van der Waals surface area contributed by atoms with Crippen LogP contribution in [0.25, 0.3) is 11.0 Å². The molecule has 38 heavy (non-hydrogen) atoms. The molecule has 12 heteroatoms. The first-order valence-electron chi connectivity index (χ1n) is 12.3. The van der Waals surface area contributed by atoms with E-state index in [0.29, 0.717) is 22.9 Å². The molecule has 0 spiro atoms. The van der Waals surface area contributed by atoms with Crippen molar-refractivity contribution in [1.29, 1.82) is 0 Å². The highest BCUT2D eigenvalue weighted by molar-refractivity contribution is 6.31. The monoisotopic (exact) mass is 555 g/mol. The van der Waals surface area contributed by atoms with Gasteiger partial charge in [-0.25, -0.2) is 14.6 Å². The van der Waals surface area contributed by atoms with E-state index in [2.05, 4.69) is 15.1 Å². The molecule has 1 unspecified atom stereocenters. The maximum absolute atomic E-state index is 11.5. The number of aliphatic hydroxyl groups excluding tert-OH is 2. The number of nitrogens with zero attached hydrogens (tertiary/aromatic N) is 4. The molecule has 1 aliphatic carbocycles. The van der Waals surface area contributed by atoms with E-state index in [-0.39, 0.29) is 24.5 Å². The summed E-state index contributed by atoms with van der Waals surface area (Å²) in [6.07, 6.45) is -0.313. The molecule has 8 nitrogen and oxygen atoms in total. The molecule has 1 saturated carbocycles. The van der Waals surface area contributed by atoms with Crippen molar-refractivity contribution in [1.82, 2.24) is 19.7 Å². The lowest BCUT2D eigenvalue weighted by atomic mass is 9.75. The van der Waals surface area contributed by atoms with Gasteiger partial charge in [0.15, 0.2) is 11.4 Å². The molecule has 0 radical (unpaired) electrons. The Balaban J connectivity index is 0.000000342. The van der Waals surface area contributed by atoms with Crippen molar-refractivity contribution in [3.63, 3.8) is 0 Å². The van der Waals surface area contributed by atoms with Crippen LogP contribution in [0.2, 0.25) is 5.02 Å². The molecule has 0 aliphatic heterocycles. The average molecular weight is 556 g/mol. The third-order valence-corrected chi connectivity index (χ3v) is 7.10. The topological polar surface area (TPSA) is 119 Å². The number of anilines is 1. The van der Waals surface area contributed by atoms with Crippen molar-refractivity contribution >= 4 is 28.5 Å². The summed E-state index contributed by atoms with van der Waals surface area (Å²) in [5.41, 5.74) is 10.5. The summed E-state index contributed by atoms with van der Waals surface area (Å²) in [5, 5.41) is 24.2. The van der Waals surface area contributed by atoms with E-state index in [1.807, 2.05) is 31.5 Å². The highest BCUT2D eigenvalue weighted by Gasteiger charge is 2.35. The number of methoxy groups -OCH3 is 1. The van der Waals surface area contributed by atoms with Crippen LogP contribution < -0.4 is 10.5 Å². The maximum Gasteiger partial charge on any atom is 0.448 e. The Hall–Kier alpha value is -3.05. The van der Waals surface area contributed by atoms with Gasteiger partial charge in [-0.1, -0.05) is 24.9 Å². The third-order valence-electron chi connectivity index (χ3n) is 6.70. The van der Waals surface area contributed by atoms with Gasteiger partial charge in [0.05, 0.1) is 30.3 Å². The van der Waals surface area contributed by atoms with Crippen LogP contribution in [0.1, 0.15) is 73.9 Å². The van der Waals surface area contributed by atoms with E-state index >= 15 is 0 Å². The van der Waals surface area contributed by atoms with Gasteiger partial charge in [-0.15, -0.1) is 0 Å². The van der Waals surface area contributed by atoms with Crippen LogP contribution in [-0.4, -0.2) is 49.4 Å². The second-order valence-electron chi connectivity index (χ2n) is 9.38. The number of unbranched alkanes of at least 4 members (excludes halogenated alkanes) is 1. The zero-order valence-electron chi connectivity index (χ0n) is 22.0. The molecular formula is C26H33ClF3N5O3. The van der Waals surface area contributed by atoms with E-state index < -0.39 is 11.9 Å². The summed E-state index contributed by atoms with van der Waals surface area (Å²) in [5.74, 6) is -0.0355. The fourth-order valence-electron chi connectivity index (χ4n) is 4.59. The van der Waals surface area contributed by atoms with E-state index in [0.717, 1.165) is 52.4 Å². The number of nitrogens with two attached hydrogens (primary N) is 1. The molecule has 4 N–H and O–H groups in total. The Morgan fingerprint density at radius 3 is 2.53 bits per heavy atom. The second-order valence-corrected chi connectivity index (χ2v) is 9.79. The van der Waals surface area contributed by atoms with Crippen LogP contribution in [0.5, 0.6) is 5.75 Å². The SMILES string of the molecule is CCC/C=C(/O)C(F)(F)F.COc1c(C(C)n2nc(C)c3c(N)ncnc32)cc(Cl)c(C)c1C1CC(O)C1. The molecule has 0 bridgehead atoms. The molecule has 1 fully saturated rings. The fourth-order valence-corrected chi connectivity index (χ4v) is 4.81. The number of aryl methyl sites for hydroxylation is 1. The minimum atomic E-state index is -4.57. The molecule has 0 saturated heterocycles. The summed E-state index contributed by atoms with van der Waals surface area (Å²) < 4.78 is 42.1. The molecule has 1 atom stereocenters. The van der Waals surface area contributed by atoms with Gasteiger partial charge in [0, 0.05) is 16.1 Å². The molecule has 2 aromatic heterocycles. The Kier molecular flexibility index (Phi) is 9.14. The lowest BCUT2D eigenvalue weighted by Crippen LogP contribution is -2.28. The summed E-state index contributed by atoms with van der Waals surface area (Å²) in [7, 11) is 1.67. The smallest absolute Gasteiger partial charge is 0.448 e. The lowest BCUT2D eigenvalue weighted by molar-refractivity contribution is -0.120. The first-order chi connectivity index (χ1) is 17.8. The fraction of sp³-hybridized carbons (Fsp3) is 0.500. The molecule has 2 heterocycles. The first kappa shape index (κ1) is 29.5. The summed E-state index contributed by atoms with van der Waals surface area (Å²) in [6, 6.07) is 1.76. The average Bonchev–Trinajstić information content (AvgIpc) is 3.19. The largest absolute Gasteiger partial charge is 0.504 e. The Labute approximate surface area is 224 Å². The number of alkyl halides is 3. The van der Waals surface area contributed by atoms with Crippen molar-refractivity contribution in [2.45, 2.75) is 77.6 Å². The van der Waals surface area contributed by atoms with Crippen LogP contribution in [0.15, 0.2) is 24.2 Å². The number of halogens is 4. The molecule has 208 valence electrons. The van der Waals surface area contributed by atoms with Crippen molar-refractivity contribution in [2.24, 2.45) is 0 Å². The molecule has 1 aromatic carbocycles. The van der Waals surface area contributed by atoms with E-state index in [4.69, 9.17) is 27.2 Å². The number of hydrogen-bond donors (Lipinski definition) is 3. The quantitative estimate of drug-likeness (QED) is 0.304. The van der Waals surface area contributed by atoms with Crippen LogP contribution in [0.3, 0.4) is 0 Å². The Morgan fingerprint density at radius 2 is 1.97 bits per heavy atom. The third kappa shape index (κ3) is 5.99. The van der Waals surface area contributed by atoms with Crippen molar-refractivity contribution in [2.75, 3.05) is 12.8 Å². The number of aromatic nitrogens is 4. The summed E-state index contributed by atoms with van der Waals surface area (Å²) >= 11 is 6.60. The van der Waals surface area contributed by atoms with Crippen molar-refractivity contribution < 1.29 is 28.1 Å². The van der Waals surface area contributed by atoms with Gasteiger partial charge >= 0.3 is 6.18 Å². The maximum atomic E-state index is 11.5. The zero-order valence-corrected chi connectivity index (χ0v) is 22.7. The van der Waals surface area contributed by atoms with Crippen molar-refractivity contribution in [3.05, 3.63) is 51.6 Å². The highest BCUT2D eigenvalue weighted by Crippen LogP contribution is 2.47. The van der Waals surface area contributed by atoms with E-state index in [9.17, 15) is 18.3 Å². The Morgan fingerprint density at radius 1 is 1.32 bits per heavy atom. The predicted molar refractivity (Wildman–Crippen MR) is 141 cm³/mol. The van der Waals surface area contributed by atoms with Crippen molar-refractivity contribution in [3.8, 4) is 5.75 Å². The minimum Gasteiger partial charge on any atom is -0.504 e.